The number of hydrogen-bond acceptors (Lipinski definition) is 3. The van der Waals surface area contributed by atoms with Crippen molar-refractivity contribution in [1.82, 2.24) is 9.78 Å². The van der Waals surface area contributed by atoms with Crippen molar-refractivity contribution in [3.05, 3.63) is 50.4 Å². The number of ether oxygens (including phenoxy) is 1. The minimum absolute atomic E-state index is 0.0543. The lowest BCUT2D eigenvalue weighted by Gasteiger charge is -2.03. The SMILES string of the molecule is COC(=O)c1cc(=O)n(-c2cc(Cl)cc(Cl)c2)[nH]1. The van der Waals surface area contributed by atoms with Crippen molar-refractivity contribution in [1.29, 1.82) is 0 Å². The number of nitrogens with one attached hydrogen (secondary N) is 1. The third kappa shape index (κ3) is 2.42. The number of halogens is 2. The Morgan fingerprint density at radius 3 is 2.39 bits per heavy atom. The van der Waals surface area contributed by atoms with Crippen LogP contribution in [0.2, 0.25) is 10.0 Å². The van der Waals surface area contributed by atoms with Crippen LogP contribution < -0.4 is 5.56 Å². The van der Waals surface area contributed by atoms with Crippen molar-refractivity contribution < 1.29 is 9.53 Å². The summed E-state index contributed by atoms with van der Waals surface area (Å²) < 4.78 is 5.67. The summed E-state index contributed by atoms with van der Waals surface area (Å²) in [7, 11) is 1.23. The number of aromatic amines is 1. The first-order chi connectivity index (χ1) is 8.51. The van der Waals surface area contributed by atoms with Gasteiger partial charge < -0.3 is 4.74 Å². The van der Waals surface area contributed by atoms with E-state index in [-0.39, 0.29) is 5.69 Å². The molecule has 0 unspecified atom stereocenters. The zero-order chi connectivity index (χ0) is 13.3. The minimum atomic E-state index is -0.626. The van der Waals surface area contributed by atoms with E-state index in [1.165, 1.54) is 7.11 Å². The van der Waals surface area contributed by atoms with Crippen LogP contribution in [0.25, 0.3) is 5.69 Å². The number of carbonyl (C=O) groups is 1. The Balaban J connectivity index is 2.54. The van der Waals surface area contributed by atoms with Crippen molar-refractivity contribution in [2.24, 2.45) is 0 Å². The van der Waals surface area contributed by atoms with E-state index in [0.29, 0.717) is 15.7 Å². The average Bonchev–Trinajstić information content (AvgIpc) is 2.69. The fraction of sp³-hybridized carbons (Fsp3) is 0.0909. The van der Waals surface area contributed by atoms with Crippen molar-refractivity contribution in [2.75, 3.05) is 7.11 Å². The topological polar surface area (TPSA) is 64.1 Å². The Morgan fingerprint density at radius 1 is 1.22 bits per heavy atom. The molecule has 0 spiro atoms. The largest absolute Gasteiger partial charge is 0.464 e. The monoisotopic (exact) mass is 286 g/mol. The summed E-state index contributed by atoms with van der Waals surface area (Å²) in [6, 6.07) is 5.78. The van der Waals surface area contributed by atoms with Crippen LogP contribution in [0, 0.1) is 0 Å². The summed E-state index contributed by atoms with van der Waals surface area (Å²) in [5, 5.41) is 3.39. The fourth-order valence-corrected chi connectivity index (χ4v) is 1.99. The Bertz CT molecular complexity index is 640. The summed E-state index contributed by atoms with van der Waals surface area (Å²) in [5.41, 5.74) is 0.0833. The number of esters is 1. The molecule has 0 aliphatic rings. The van der Waals surface area contributed by atoms with Gasteiger partial charge in [-0.05, 0) is 18.2 Å². The van der Waals surface area contributed by atoms with Crippen LogP contribution >= 0.6 is 23.2 Å². The van der Waals surface area contributed by atoms with Gasteiger partial charge in [0, 0.05) is 16.1 Å². The zero-order valence-corrected chi connectivity index (χ0v) is 10.7. The zero-order valence-electron chi connectivity index (χ0n) is 9.24. The average molecular weight is 287 g/mol. The highest BCUT2D eigenvalue weighted by Gasteiger charge is 2.12. The standard InChI is InChI=1S/C11H8Cl2N2O3/c1-18-11(17)9-5-10(16)15(14-9)8-3-6(12)2-7(13)4-8/h2-5,14H,1H3. The van der Waals surface area contributed by atoms with Crippen LogP contribution in [0.15, 0.2) is 29.1 Å². The van der Waals surface area contributed by atoms with Crippen molar-refractivity contribution in [3.8, 4) is 5.69 Å². The summed E-state index contributed by atoms with van der Waals surface area (Å²) in [4.78, 5) is 23.0. The molecule has 0 amide bonds. The van der Waals surface area contributed by atoms with Crippen LogP contribution in [0.1, 0.15) is 10.5 Å². The molecule has 0 atom stereocenters. The van der Waals surface area contributed by atoms with Gasteiger partial charge in [0.25, 0.3) is 5.56 Å². The second-order valence-electron chi connectivity index (χ2n) is 3.46. The van der Waals surface area contributed by atoms with E-state index in [2.05, 4.69) is 9.84 Å². The highest BCUT2D eigenvalue weighted by atomic mass is 35.5. The molecule has 1 N–H and O–H groups in total. The van der Waals surface area contributed by atoms with E-state index in [4.69, 9.17) is 23.2 Å². The third-order valence-electron chi connectivity index (χ3n) is 2.23. The molecule has 7 heteroatoms. The highest BCUT2D eigenvalue weighted by Crippen LogP contribution is 2.20. The smallest absolute Gasteiger partial charge is 0.356 e. The fourth-order valence-electron chi connectivity index (χ4n) is 1.47. The predicted molar refractivity (Wildman–Crippen MR) is 67.7 cm³/mol. The predicted octanol–water partition coefficient (Wildman–Crippen LogP) is 2.26. The summed E-state index contributed by atoms with van der Waals surface area (Å²) in [6.07, 6.45) is 0. The molecule has 0 saturated carbocycles. The number of rotatable bonds is 2. The van der Waals surface area contributed by atoms with Gasteiger partial charge in [0.05, 0.1) is 12.8 Å². The molecular weight excluding hydrogens is 279 g/mol. The van der Waals surface area contributed by atoms with Crippen LogP contribution in [-0.2, 0) is 4.74 Å². The molecular formula is C11H8Cl2N2O3. The van der Waals surface area contributed by atoms with Crippen molar-refractivity contribution >= 4 is 29.2 Å². The summed E-state index contributed by atoms with van der Waals surface area (Å²) in [5.74, 6) is -0.626. The van der Waals surface area contributed by atoms with Gasteiger partial charge in [-0.15, -0.1) is 0 Å². The van der Waals surface area contributed by atoms with Crippen LogP contribution in [0.5, 0.6) is 0 Å². The third-order valence-corrected chi connectivity index (χ3v) is 2.67. The maximum Gasteiger partial charge on any atom is 0.356 e. The number of nitrogens with zero attached hydrogens (tertiary/aromatic N) is 1. The Hall–Kier alpha value is -1.72. The first-order valence-electron chi connectivity index (χ1n) is 4.88. The van der Waals surface area contributed by atoms with Crippen LogP contribution in [0.4, 0.5) is 0 Å². The van der Waals surface area contributed by atoms with Gasteiger partial charge in [-0.2, -0.15) is 0 Å². The molecule has 0 aliphatic carbocycles. The Labute approximate surface area is 112 Å². The number of benzene rings is 1. The van der Waals surface area contributed by atoms with Gasteiger partial charge in [0.1, 0.15) is 5.69 Å². The number of hydrogen-bond donors (Lipinski definition) is 1. The lowest BCUT2D eigenvalue weighted by molar-refractivity contribution is 0.0593. The number of methoxy groups -OCH3 is 1. The summed E-state index contributed by atoms with van der Waals surface area (Å²) >= 11 is 11.7. The molecule has 2 rings (SSSR count). The molecule has 0 radical (unpaired) electrons. The lowest BCUT2D eigenvalue weighted by atomic mass is 10.3. The van der Waals surface area contributed by atoms with Crippen LogP contribution in [0.3, 0.4) is 0 Å². The van der Waals surface area contributed by atoms with Gasteiger partial charge in [-0.1, -0.05) is 23.2 Å². The number of carbonyl (C=O) groups excluding carboxylic acids is 1. The van der Waals surface area contributed by atoms with E-state index >= 15 is 0 Å². The molecule has 1 aromatic carbocycles. The normalized spacial score (nSPS) is 10.4. The quantitative estimate of drug-likeness (QED) is 0.862. The molecule has 0 saturated heterocycles. The molecule has 94 valence electrons. The number of H-pyrrole nitrogens is 1. The maximum absolute atomic E-state index is 11.7. The van der Waals surface area contributed by atoms with Crippen LogP contribution in [-0.4, -0.2) is 22.9 Å². The van der Waals surface area contributed by atoms with E-state index in [0.717, 1.165) is 10.7 Å². The first kappa shape index (κ1) is 12.7. The Morgan fingerprint density at radius 2 is 1.83 bits per heavy atom. The molecule has 0 fully saturated rings. The van der Waals surface area contributed by atoms with E-state index in [9.17, 15) is 9.59 Å². The van der Waals surface area contributed by atoms with E-state index in [1.54, 1.807) is 18.2 Å². The van der Waals surface area contributed by atoms with Gasteiger partial charge in [-0.3, -0.25) is 9.89 Å². The molecule has 1 aromatic heterocycles. The molecule has 18 heavy (non-hydrogen) atoms. The summed E-state index contributed by atoms with van der Waals surface area (Å²) in [6.45, 7) is 0. The minimum Gasteiger partial charge on any atom is -0.464 e. The molecule has 0 aliphatic heterocycles. The molecule has 0 bridgehead atoms. The lowest BCUT2D eigenvalue weighted by Crippen LogP contribution is -2.13. The van der Waals surface area contributed by atoms with Gasteiger partial charge in [0.2, 0.25) is 0 Å². The molecule has 2 aromatic rings. The highest BCUT2D eigenvalue weighted by molar-refractivity contribution is 6.34. The Kier molecular flexibility index (Phi) is 3.45. The van der Waals surface area contributed by atoms with Gasteiger partial charge in [0.15, 0.2) is 0 Å². The van der Waals surface area contributed by atoms with Gasteiger partial charge in [-0.25, -0.2) is 9.48 Å². The molecule has 5 nitrogen and oxygen atoms in total. The first-order valence-corrected chi connectivity index (χ1v) is 5.63. The van der Waals surface area contributed by atoms with Gasteiger partial charge >= 0.3 is 5.97 Å². The van der Waals surface area contributed by atoms with Crippen molar-refractivity contribution in [3.63, 3.8) is 0 Å². The van der Waals surface area contributed by atoms with Crippen molar-refractivity contribution in [2.45, 2.75) is 0 Å². The second-order valence-corrected chi connectivity index (χ2v) is 4.34. The van der Waals surface area contributed by atoms with E-state index < -0.39 is 11.5 Å². The maximum atomic E-state index is 11.7. The molecule has 1 heterocycles. The number of aromatic nitrogens is 2. The second kappa shape index (κ2) is 4.88. The van der Waals surface area contributed by atoms with E-state index in [1.807, 2.05) is 0 Å².